The number of nitro groups is 1. The van der Waals surface area contributed by atoms with Crippen molar-refractivity contribution in [1.29, 1.82) is 0 Å². The first-order valence-corrected chi connectivity index (χ1v) is 7.63. The molecule has 1 aromatic rings. The number of rotatable bonds is 5. The maximum atomic E-state index is 10.9. The molecule has 1 aromatic carbocycles. The van der Waals surface area contributed by atoms with Gasteiger partial charge in [-0.2, -0.15) is 0 Å². The number of anilines is 1. The lowest BCUT2D eigenvalue weighted by atomic mass is 10.1. The summed E-state index contributed by atoms with van der Waals surface area (Å²) in [5.74, 6) is 5.40. The van der Waals surface area contributed by atoms with Gasteiger partial charge in [0.1, 0.15) is 5.69 Å². The lowest BCUT2D eigenvalue weighted by molar-refractivity contribution is -0.384. The van der Waals surface area contributed by atoms with Crippen LogP contribution in [0, 0.1) is 10.1 Å². The minimum Gasteiger partial charge on any atom is -0.318 e. The van der Waals surface area contributed by atoms with Gasteiger partial charge in [0.05, 0.1) is 4.92 Å². The van der Waals surface area contributed by atoms with E-state index in [9.17, 15) is 10.1 Å². The van der Waals surface area contributed by atoms with Crippen LogP contribution in [0.15, 0.2) is 18.2 Å². The van der Waals surface area contributed by atoms with E-state index in [0.717, 1.165) is 25.1 Å². The Morgan fingerprint density at radius 3 is 2.90 bits per heavy atom. The first kappa shape index (κ1) is 15.7. The molecular weight excluding hydrogens is 268 g/mol. The Balaban J connectivity index is 2.16. The average molecular weight is 292 g/mol. The van der Waals surface area contributed by atoms with Crippen molar-refractivity contribution in [2.45, 2.75) is 51.6 Å². The number of nitrogens with zero attached hydrogens (tertiary/aromatic N) is 2. The molecule has 0 amide bonds. The highest BCUT2D eigenvalue weighted by molar-refractivity contribution is 5.62. The number of nitro benzene ring substituents is 1. The lowest BCUT2D eigenvalue weighted by Gasteiger charge is -2.29. The van der Waals surface area contributed by atoms with E-state index in [-0.39, 0.29) is 5.69 Å². The Morgan fingerprint density at radius 2 is 2.24 bits per heavy atom. The number of nitrogens with one attached hydrogen (secondary N) is 1. The molecule has 0 aromatic heterocycles. The fourth-order valence-corrected chi connectivity index (χ4v) is 3.10. The van der Waals surface area contributed by atoms with E-state index in [1.807, 2.05) is 6.07 Å². The van der Waals surface area contributed by atoms with E-state index in [0.29, 0.717) is 11.7 Å². The summed E-state index contributed by atoms with van der Waals surface area (Å²) >= 11 is 0. The summed E-state index contributed by atoms with van der Waals surface area (Å²) in [5.41, 5.74) is 3.89. The molecule has 0 aliphatic carbocycles. The van der Waals surface area contributed by atoms with Crippen LogP contribution in [0.25, 0.3) is 0 Å². The van der Waals surface area contributed by atoms with E-state index >= 15 is 0 Å². The van der Waals surface area contributed by atoms with Crippen LogP contribution < -0.4 is 11.3 Å². The molecule has 1 atom stereocenters. The van der Waals surface area contributed by atoms with Gasteiger partial charge in [0, 0.05) is 18.7 Å². The summed E-state index contributed by atoms with van der Waals surface area (Å²) in [5, 5.41) is 10.9. The second-order valence-electron chi connectivity index (χ2n) is 5.63. The number of likely N-dealkylation sites (tertiary alicyclic amines) is 1. The number of nitrogen functional groups attached to an aromatic ring is 1. The van der Waals surface area contributed by atoms with Crippen LogP contribution in [0.3, 0.4) is 0 Å². The van der Waals surface area contributed by atoms with Crippen LogP contribution in [0.2, 0.25) is 0 Å². The molecule has 1 fully saturated rings. The molecule has 1 aliphatic heterocycles. The summed E-state index contributed by atoms with van der Waals surface area (Å²) in [7, 11) is 0. The van der Waals surface area contributed by atoms with Crippen molar-refractivity contribution in [1.82, 2.24) is 4.90 Å². The molecule has 0 spiro atoms. The zero-order valence-corrected chi connectivity index (χ0v) is 12.5. The van der Waals surface area contributed by atoms with Gasteiger partial charge >= 0.3 is 0 Å². The van der Waals surface area contributed by atoms with Gasteiger partial charge in [-0.25, -0.2) is 0 Å². The first-order valence-electron chi connectivity index (χ1n) is 7.63. The standard InChI is InChI=1S/C15H24N4O2/c1-2-13-6-4-3-5-9-18(13)11-12-7-8-15(19(20)21)14(10-12)17-16/h7-8,10,13,17H,2-6,9,11,16H2,1H3. The molecule has 116 valence electrons. The minimum absolute atomic E-state index is 0.0177. The number of hydrazine groups is 1. The maximum absolute atomic E-state index is 10.9. The van der Waals surface area contributed by atoms with Crippen LogP contribution in [-0.2, 0) is 6.54 Å². The minimum atomic E-state index is -0.417. The topological polar surface area (TPSA) is 84.4 Å². The SMILES string of the molecule is CCC1CCCCCN1Cc1ccc([N+](=O)[O-])c(NN)c1. The normalized spacial score (nSPS) is 20.0. The summed E-state index contributed by atoms with van der Waals surface area (Å²) < 4.78 is 0. The third-order valence-corrected chi connectivity index (χ3v) is 4.27. The lowest BCUT2D eigenvalue weighted by Crippen LogP contribution is -2.33. The van der Waals surface area contributed by atoms with Crippen molar-refractivity contribution in [3.05, 3.63) is 33.9 Å². The Morgan fingerprint density at radius 1 is 1.43 bits per heavy atom. The monoisotopic (exact) mass is 292 g/mol. The molecule has 1 heterocycles. The Kier molecular flexibility index (Phi) is 5.52. The quantitative estimate of drug-likeness (QED) is 0.495. The van der Waals surface area contributed by atoms with E-state index in [4.69, 9.17) is 5.84 Å². The van der Waals surface area contributed by atoms with Crippen LogP contribution >= 0.6 is 0 Å². The van der Waals surface area contributed by atoms with E-state index in [1.54, 1.807) is 6.07 Å². The van der Waals surface area contributed by atoms with Crippen LogP contribution in [0.4, 0.5) is 11.4 Å². The molecule has 0 radical (unpaired) electrons. The number of hydrogen-bond donors (Lipinski definition) is 2. The van der Waals surface area contributed by atoms with Gasteiger partial charge in [-0.1, -0.05) is 25.8 Å². The van der Waals surface area contributed by atoms with Gasteiger partial charge in [0.25, 0.3) is 5.69 Å². The molecule has 0 bridgehead atoms. The van der Waals surface area contributed by atoms with Crippen LogP contribution in [-0.4, -0.2) is 22.4 Å². The van der Waals surface area contributed by atoms with Gasteiger partial charge in [-0.15, -0.1) is 0 Å². The van der Waals surface area contributed by atoms with Crippen molar-refractivity contribution in [2.75, 3.05) is 12.0 Å². The molecule has 0 saturated carbocycles. The van der Waals surface area contributed by atoms with Crippen LogP contribution in [0.1, 0.15) is 44.6 Å². The zero-order valence-electron chi connectivity index (χ0n) is 12.5. The van der Waals surface area contributed by atoms with Crippen LogP contribution in [0.5, 0.6) is 0 Å². The molecular formula is C15H24N4O2. The third-order valence-electron chi connectivity index (χ3n) is 4.27. The van der Waals surface area contributed by atoms with Crippen molar-refractivity contribution >= 4 is 11.4 Å². The molecule has 1 aliphatic rings. The molecule has 6 nitrogen and oxygen atoms in total. The molecule has 6 heteroatoms. The predicted octanol–water partition coefficient (Wildman–Crippen LogP) is 3.04. The van der Waals surface area contributed by atoms with Crippen molar-refractivity contribution < 1.29 is 4.92 Å². The smallest absolute Gasteiger partial charge is 0.293 e. The molecule has 1 unspecified atom stereocenters. The van der Waals surface area contributed by atoms with E-state index in [1.165, 1.54) is 31.7 Å². The fourth-order valence-electron chi connectivity index (χ4n) is 3.10. The number of nitrogens with two attached hydrogens (primary N) is 1. The van der Waals surface area contributed by atoms with Gasteiger partial charge in [0.2, 0.25) is 0 Å². The molecule has 3 N–H and O–H groups in total. The summed E-state index contributed by atoms with van der Waals surface area (Å²) in [6.07, 6.45) is 6.21. The highest BCUT2D eigenvalue weighted by Crippen LogP contribution is 2.27. The first-order chi connectivity index (χ1) is 10.2. The summed E-state index contributed by atoms with van der Waals surface area (Å²) in [6.45, 7) is 4.15. The van der Waals surface area contributed by atoms with Gasteiger partial charge in [-0.3, -0.25) is 20.9 Å². The Hall–Kier alpha value is -1.66. The van der Waals surface area contributed by atoms with E-state index < -0.39 is 4.92 Å². The molecule has 2 rings (SSSR count). The number of benzene rings is 1. The van der Waals surface area contributed by atoms with E-state index in [2.05, 4.69) is 17.2 Å². The second-order valence-corrected chi connectivity index (χ2v) is 5.63. The average Bonchev–Trinajstić information content (AvgIpc) is 2.71. The third kappa shape index (κ3) is 3.92. The summed E-state index contributed by atoms with van der Waals surface area (Å²) in [6, 6.07) is 5.76. The zero-order chi connectivity index (χ0) is 15.2. The van der Waals surface area contributed by atoms with Crippen molar-refractivity contribution in [3.8, 4) is 0 Å². The Bertz CT molecular complexity index is 493. The van der Waals surface area contributed by atoms with Gasteiger partial charge in [0.15, 0.2) is 0 Å². The van der Waals surface area contributed by atoms with Gasteiger partial charge in [-0.05, 0) is 37.4 Å². The Labute approximate surface area is 125 Å². The maximum Gasteiger partial charge on any atom is 0.293 e. The fraction of sp³-hybridized carbons (Fsp3) is 0.600. The summed E-state index contributed by atoms with van der Waals surface area (Å²) in [4.78, 5) is 13.0. The van der Waals surface area contributed by atoms with Crippen molar-refractivity contribution in [3.63, 3.8) is 0 Å². The number of hydrogen-bond acceptors (Lipinski definition) is 5. The molecule has 1 saturated heterocycles. The highest BCUT2D eigenvalue weighted by atomic mass is 16.6. The predicted molar refractivity (Wildman–Crippen MR) is 83.9 cm³/mol. The van der Waals surface area contributed by atoms with Gasteiger partial charge < -0.3 is 5.43 Å². The highest BCUT2D eigenvalue weighted by Gasteiger charge is 2.20. The van der Waals surface area contributed by atoms with Crippen molar-refractivity contribution in [2.24, 2.45) is 5.84 Å². The second kappa shape index (κ2) is 7.38. The largest absolute Gasteiger partial charge is 0.318 e. The molecule has 21 heavy (non-hydrogen) atoms.